The van der Waals surface area contributed by atoms with E-state index in [1.165, 1.54) is 10.9 Å². The molecule has 7 heteroatoms. The van der Waals surface area contributed by atoms with Crippen LogP contribution in [0.15, 0.2) is 6.20 Å². The minimum Gasteiger partial charge on any atom is -0.365 e. The van der Waals surface area contributed by atoms with E-state index in [0.717, 1.165) is 12.8 Å². The predicted octanol–water partition coefficient (Wildman–Crippen LogP) is 0.244. The van der Waals surface area contributed by atoms with Crippen molar-refractivity contribution in [2.24, 2.45) is 11.7 Å². The van der Waals surface area contributed by atoms with E-state index in [4.69, 9.17) is 11.0 Å². The number of nitrogens with two attached hydrogens (primary N) is 1. The maximum Gasteiger partial charge on any atom is 0.254 e. The summed E-state index contributed by atoms with van der Waals surface area (Å²) in [5.74, 6) is -0.584. The number of hydrogen-bond acceptors (Lipinski definition) is 4. The molecular formula is C11H13N5O2. The van der Waals surface area contributed by atoms with Gasteiger partial charge in [0.15, 0.2) is 5.82 Å². The van der Waals surface area contributed by atoms with Crippen LogP contribution in [-0.4, -0.2) is 21.6 Å². The van der Waals surface area contributed by atoms with E-state index >= 15 is 0 Å². The van der Waals surface area contributed by atoms with E-state index in [1.54, 1.807) is 0 Å². The van der Waals surface area contributed by atoms with Crippen molar-refractivity contribution >= 4 is 17.6 Å². The van der Waals surface area contributed by atoms with Gasteiger partial charge in [0.1, 0.15) is 5.56 Å². The van der Waals surface area contributed by atoms with Gasteiger partial charge in [-0.05, 0) is 12.8 Å². The number of nitrogens with one attached hydrogen (secondary N) is 1. The van der Waals surface area contributed by atoms with Gasteiger partial charge in [-0.25, -0.2) is 0 Å². The summed E-state index contributed by atoms with van der Waals surface area (Å²) >= 11 is 0. The van der Waals surface area contributed by atoms with Gasteiger partial charge in [-0.1, -0.05) is 0 Å². The van der Waals surface area contributed by atoms with Gasteiger partial charge in [0.2, 0.25) is 5.91 Å². The minimum absolute atomic E-state index is 0.0231. The molecule has 1 saturated carbocycles. The molecule has 0 radical (unpaired) electrons. The van der Waals surface area contributed by atoms with Crippen molar-refractivity contribution in [2.45, 2.75) is 25.8 Å². The maximum absolute atomic E-state index is 11.6. The van der Waals surface area contributed by atoms with E-state index in [-0.39, 0.29) is 29.6 Å². The van der Waals surface area contributed by atoms with Gasteiger partial charge in [-0.3, -0.25) is 14.3 Å². The molecule has 0 bridgehead atoms. The predicted molar refractivity (Wildman–Crippen MR) is 62.3 cm³/mol. The second-order valence-corrected chi connectivity index (χ2v) is 4.19. The number of anilines is 1. The van der Waals surface area contributed by atoms with Crippen LogP contribution in [0.2, 0.25) is 0 Å². The molecule has 1 aromatic heterocycles. The summed E-state index contributed by atoms with van der Waals surface area (Å²) in [6, 6.07) is 1.98. The zero-order chi connectivity index (χ0) is 13.1. The van der Waals surface area contributed by atoms with Crippen LogP contribution < -0.4 is 11.1 Å². The van der Waals surface area contributed by atoms with Crippen molar-refractivity contribution < 1.29 is 9.59 Å². The third-order valence-electron chi connectivity index (χ3n) is 2.67. The number of carbonyl (C=O) groups excluding carboxylic acids is 2. The van der Waals surface area contributed by atoms with Crippen molar-refractivity contribution in [2.75, 3.05) is 5.32 Å². The fourth-order valence-corrected chi connectivity index (χ4v) is 1.54. The summed E-state index contributed by atoms with van der Waals surface area (Å²) in [5.41, 5.74) is 5.38. The summed E-state index contributed by atoms with van der Waals surface area (Å²) in [5, 5.41) is 15.1. The number of aromatic nitrogens is 2. The lowest BCUT2D eigenvalue weighted by Crippen LogP contribution is -2.18. The number of nitriles is 1. The Bertz CT molecular complexity index is 524. The van der Waals surface area contributed by atoms with Crippen LogP contribution in [0.1, 0.15) is 29.6 Å². The standard InChI is InChI=1S/C11H13N5O2/c12-4-1-5-16-6-8(9(13)17)10(15-16)14-11(18)7-2-3-7/h6-7H,1-3,5H2,(H2,13,17)(H,14,15,18). The van der Waals surface area contributed by atoms with Gasteiger partial charge >= 0.3 is 0 Å². The van der Waals surface area contributed by atoms with Crippen LogP contribution in [0.5, 0.6) is 0 Å². The zero-order valence-electron chi connectivity index (χ0n) is 9.72. The van der Waals surface area contributed by atoms with Crippen molar-refractivity contribution in [3.63, 3.8) is 0 Å². The second-order valence-electron chi connectivity index (χ2n) is 4.19. The summed E-state index contributed by atoms with van der Waals surface area (Å²) in [7, 11) is 0. The molecule has 0 atom stereocenters. The first-order chi connectivity index (χ1) is 8.61. The Morgan fingerprint density at radius 2 is 2.33 bits per heavy atom. The Kier molecular flexibility index (Phi) is 3.28. The van der Waals surface area contributed by atoms with Crippen LogP contribution in [0, 0.1) is 17.2 Å². The van der Waals surface area contributed by atoms with Gasteiger partial charge < -0.3 is 11.1 Å². The Balaban J connectivity index is 2.15. The van der Waals surface area contributed by atoms with E-state index in [0.29, 0.717) is 6.54 Å². The van der Waals surface area contributed by atoms with Gasteiger partial charge in [-0.15, -0.1) is 0 Å². The summed E-state index contributed by atoms with van der Waals surface area (Å²) < 4.78 is 1.44. The molecular weight excluding hydrogens is 234 g/mol. The average molecular weight is 247 g/mol. The van der Waals surface area contributed by atoms with Gasteiger partial charge in [0.05, 0.1) is 19.0 Å². The SMILES string of the molecule is N#CCCn1cc(C(N)=O)c(NC(=O)C2CC2)n1. The van der Waals surface area contributed by atoms with Gasteiger partial charge in [-0.2, -0.15) is 10.4 Å². The number of rotatable bonds is 5. The Hall–Kier alpha value is -2.36. The molecule has 7 nitrogen and oxygen atoms in total. The highest BCUT2D eigenvalue weighted by molar-refractivity contribution is 6.02. The van der Waals surface area contributed by atoms with Gasteiger partial charge in [0, 0.05) is 12.1 Å². The molecule has 1 aliphatic carbocycles. The Morgan fingerprint density at radius 1 is 1.61 bits per heavy atom. The molecule has 0 unspecified atom stereocenters. The van der Waals surface area contributed by atoms with Crippen molar-refractivity contribution in [3.8, 4) is 6.07 Å². The molecule has 1 aromatic rings. The first-order valence-electron chi connectivity index (χ1n) is 5.67. The molecule has 18 heavy (non-hydrogen) atoms. The fraction of sp³-hybridized carbons (Fsp3) is 0.455. The van der Waals surface area contributed by atoms with Crippen LogP contribution in [-0.2, 0) is 11.3 Å². The third kappa shape index (κ3) is 2.66. The number of nitrogens with zero attached hydrogens (tertiary/aromatic N) is 3. The second kappa shape index (κ2) is 4.87. The summed E-state index contributed by atoms with van der Waals surface area (Å²) in [4.78, 5) is 22.8. The largest absolute Gasteiger partial charge is 0.365 e. The lowest BCUT2D eigenvalue weighted by atomic mass is 10.3. The number of hydrogen-bond donors (Lipinski definition) is 2. The molecule has 2 amide bonds. The molecule has 0 aromatic carbocycles. The van der Waals surface area contributed by atoms with E-state index in [9.17, 15) is 9.59 Å². The molecule has 0 aliphatic heterocycles. The molecule has 3 N–H and O–H groups in total. The van der Waals surface area contributed by atoms with E-state index in [2.05, 4.69) is 10.4 Å². The molecule has 1 heterocycles. The monoisotopic (exact) mass is 247 g/mol. The smallest absolute Gasteiger partial charge is 0.254 e. The normalized spacial score (nSPS) is 13.9. The van der Waals surface area contributed by atoms with E-state index in [1.807, 2.05) is 6.07 Å². The first-order valence-corrected chi connectivity index (χ1v) is 5.67. The maximum atomic E-state index is 11.6. The highest BCUT2D eigenvalue weighted by Gasteiger charge is 2.31. The van der Waals surface area contributed by atoms with Crippen molar-refractivity contribution in [3.05, 3.63) is 11.8 Å². The Labute approximate surface area is 104 Å². The molecule has 1 aliphatic rings. The number of primary amides is 1. The van der Waals surface area contributed by atoms with Crippen molar-refractivity contribution in [1.29, 1.82) is 5.26 Å². The van der Waals surface area contributed by atoms with Gasteiger partial charge in [0.25, 0.3) is 5.91 Å². The molecule has 0 saturated heterocycles. The Morgan fingerprint density at radius 3 is 2.89 bits per heavy atom. The lowest BCUT2D eigenvalue weighted by Gasteiger charge is -2.01. The fourth-order valence-electron chi connectivity index (χ4n) is 1.54. The minimum atomic E-state index is -0.649. The highest BCUT2D eigenvalue weighted by Crippen LogP contribution is 2.30. The molecule has 1 fully saturated rings. The van der Waals surface area contributed by atoms with Crippen LogP contribution in [0.3, 0.4) is 0 Å². The van der Waals surface area contributed by atoms with Crippen LogP contribution >= 0.6 is 0 Å². The third-order valence-corrected chi connectivity index (χ3v) is 2.67. The number of amides is 2. The summed E-state index contributed by atoms with van der Waals surface area (Å²) in [6.45, 7) is 0.357. The first kappa shape index (κ1) is 12.1. The zero-order valence-corrected chi connectivity index (χ0v) is 9.72. The topological polar surface area (TPSA) is 114 Å². The highest BCUT2D eigenvalue weighted by atomic mass is 16.2. The number of aryl methyl sites for hydroxylation is 1. The summed E-state index contributed by atoms with van der Waals surface area (Å²) in [6.07, 6.45) is 3.46. The molecule has 2 rings (SSSR count). The number of carbonyl (C=O) groups is 2. The van der Waals surface area contributed by atoms with E-state index < -0.39 is 5.91 Å². The lowest BCUT2D eigenvalue weighted by molar-refractivity contribution is -0.117. The molecule has 94 valence electrons. The molecule has 0 spiro atoms. The van der Waals surface area contributed by atoms with Crippen LogP contribution in [0.25, 0.3) is 0 Å². The van der Waals surface area contributed by atoms with Crippen LogP contribution in [0.4, 0.5) is 5.82 Å². The average Bonchev–Trinajstić information content (AvgIpc) is 3.09. The van der Waals surface area contributed by atoms with Crippen molar-refractivity contribution in [1.82, 2.24) is 9.78 Å². The quantitative estimate of drug-likeness (QED) is 0.775.